The molecule has 21 heavy (non-hydrogen) atoms. The second kappa shape index (κ2) is 7.06. The molecule has 0 bridgehead atoms. The molecule has 0 aliphatic carbocycles. The van der Waals surface area contributed by atoms with Gasteiger partial charge in [-0.3, -0.25) is 9.69 Å². The van der Waals surface area contributed by atoms with Gasteiger partial charge in [-0.1, -0.05) is 11.6 Å². The second-order valence-electron chi connectivity index (χ2n) is 5.29. The molecule has 1 saturated heterocycles. The zero-order valence-electron chi connectivity index (χ0n) is 12.4. The molecule has 1 N–H and O–H groups in total. The average Bonchev–Trinajstić information content (AvgIpc) is 2.47. The highest BCUT2D eigenvalue weighted by molar-refractivity contribution is 6.29. The van der Waals surface area contributed by atoms with E-state index in [1.54, 1.807) is 12.1 Å². The van der Waals surface area contributed by atoms with E-state index in [4.69, 9.17) is 16.7 Å². The van der Waals surface area contributed by atoms with E-state index in [2.05, 4.69) is 9.88 Å². The van der Waals surface area contributed by atoms with Gasteiger partial charge in [-0.15, -0.1) is 0 Å². The molecule has 1 aliphatic heterocycles. The number of amides is 1. The quantitative estimate of drug-likeness (QED) is 0.823. The number of hydrogen-bond acceptors (Lipinski definition) is 5. The molecule has 0 spiro atoms. The van der Waals surface area contributed by atoms with Crippen molar-refractivity contribution in [2.75, 3.05) is 58.3 Å². The van der Waals surface area contributed by atoms with Crippen LogP contribution >= 0.6 is 11.6 Å². The van der Waals surface area contributed by atoms with Crippen LogP contribution in [0.4, 0.5) is 5.82 Å². The Balaban J connectivity index is 2.07. The summed E-state index contributed by atoms with van der Waals surface area (Å²) in [7, 11) is 3.72. The molecule has 1 aromatic heterocycles. The van der Waals surface area contributed by atoms with E-state index in [9.17, 15) is 4.79 Å². The minimum Gasteiger partial charge on any atom is -0.395 e. The molecule has 0 radical (unpaired) electrons. The highest BCUT2D eigenvalue weighted by Crippen LogP contribution is 2.18. The minimum absolute atomic E-state index is 0.0222. The lowest BCUT2D eigenvalue weighted by Gasteiger charge is -2.34. The van der Waals surface area contributed by atoms with Gasteiger partial charge in [0.15, 0.2) is 0 Å². The third kappa shape index (κ3) is 4.06. The number of aromatic nitrogens is 1. The number of piperazine rings is 1. The monoisotopic (exact) mass is 312 g/mol. The Morgan fingerprint density at radius 2 is 2.00 bits per heavy atom. The summed E-state index contributed by atoms with van der Waals surface area (Å²) in [6.07, 6.45) is 0. The number of aliphatic hydroxyl groups is 1. The highest BCUT2D eigenvalue weighted by atomic mass is 35.5. The fourth-order valence-electron chi connectivity index (χ4n) is 2.33. The number of anilines is 1. The lowest BCUT2D eigenvalue weighted by Crippen LogP contribution is -2.49. The van der Waals surface area contributed by atoms with E-state index in [-0.39, 0.29) is 12.5 Å². The van der Waals surface area contributed by atoms with Crippen LogP contribution in [0.2, 0.25) is 5.15 Å². The van der Waals surface area contributed by atoms with Crippen molar-refractivity contribution in [3.8, 4) is 0 Å². The molecule has 1 aliphatic rings. The summed E-state index contributed by atoms with van der Waals surface area (Å²) in [6, 6.07) is 3.37. The van der Waals surface area contributed by atoms with Gasteiger partial charge in [-0.05, 0) is 12.1 Å². The molecule has 0 aromatic carbocycles. The molecule has 0 saturated carbocycles. The van der Waals surface area contributed by atoms with Crippen LogP contribution in [0.25, 0.3) is 0 Å². The molecule has 1 aromatic rings. The van der Waals surface area contributed by atoms with Crippen LogP contribution in [-0.4, -0.2) is 79.2 Å². The van der Waals surface area contributed by atoms with Crippen LogP contribution < -0.4 is 4.90 Å². The summed E-state index contributed by atoms with van der Waals surface area (Å²) in [5, 5.41) is 9.26. The van der Waals surface area contributed by atoms with Gasteiger partial charge >= 0.3 is 0 Å². The van der Waals surface area contributed by atoms with Gasteiger partial charge < -0.3 is 14.9 Å². The van der Waals surface area contributed by atoms with Gasteiger partial charge in [0.05, 0.1) is 6.61 Å². The van der Waals surface area contributed by atoms with Crippen molar-refractivity contribution in [2.24, 2.45) is 0 Å². The third-order valence-corrected chi connectivity index (χ3v) is 3.76. The number of nitrogens with zero attached hydrogens (tertiary/aromatic N) is 4. The first-order valence-corrected chi connectivity index (χ1v) is 7.36. The van der Waals surface area contributed by atoms with Crippen molar-refractivity contribution >= 4 is 23.3 Å². The van der Waals surface area contributed by atoms with Crippen molar-refractivity contribution in [1.29, 1.82) is 0 Å². The Morgan fingerprint density at radius 1 is 1.33 bits per heavy atom. The summed E-state index contributed by atoms with van der Waals surface area (Å²) in [4.78, 5) is 22.5. The van der Waals surface area contributed by atoms with E-state index in [0.29, 0.717) is 36.2 Å². The molecule has 2 rings (SSSR count). The van der Waals surface area contributed by atoms with E-state index >= 15 is 0 Å². The standard InChI is InChI=1S/C14H21ClN4O2/c1-17(2)13-10-11(9-12(15)16-13)14(21)19-5-3-18(4-6-19)7-8-20/h9-10,20H,3-8H2,1-2H3. The number of pyridine rings is 1. The highest BCUT2D eigenvalue weighted by Gasteiger charge is 2.22. The normalized spacial score (nSPS) is 16.1. The maximum atomic E-state index is 12.5. The van der Waals surface area contributed by atoms with Gasteiger partial charge in [-0.2, -0.15) is 0 Å². The number of β-amino-alcohol motifs (C(OH)–C–C–N with tert-alkyl or cyclic N) is 1. The fraction of sp³-hybridized carbons (Fsp3) is 0.571. The van der Waals surface area contributed by atoms with Crippen molar-refractivity contribution in [1.82, 2.24) is 14.8 Å². The first-order chi connectivity index (χ1) is 10.0. The van der Waals surface area contributed by atoms with E-state index < -0.39 is 0 Å². The Kier molecular flexibility index (Phi) is 5.39. The summed E-state index contributed by atoms with van der Waals surface area (Å²) in [6.45, 7) is 3.71. The Hall–Kier alpha value is -1.37. The lowest BCUT2D eigenvalue weighted by atomic mass is 10.2. The average molecular weight is 313 g/mol. The van der Waals surface area contributed by atoms with Gasteiger partial charge in [0.1, 0.15) is 11.0 Å². The Morgan fingerprint density at radius 3 is 2.57 bits per heavy atom. The number of aliphatic hydroxyl groups excluding tert-OH is 1. The SMILES string of the molecule is CN(C)c1cc(C(=O)N2CCN(CCO)CC2)cc(Cl)n1. The van der Waals surface area contributed by atoms with Crippen molar-refractivity contribution in [3.63, 3.8) is 0 Å². The number of hydrogen-bond donors (Lipinski definition) is 1. The second-order valence-corrected chi connectivity index (χ2v) is 5.68. The van der Waals surface area contributed by atoms with Crippen LogP contribution in [-0.2, 0) is 0 Å². The number of halogens is 1. The van der Waals surface area contributed by atoms with Gasteiger partial charge in [0.25, 0.3) is 5.91 Å². The predicted molar refractivity (Wildman–Crippen MR) is 83.0 cm³/mol. The van der Waals surface area contributed by atoms with Crippen LogP contribution in [0, 0.1) is 0 Å². The molecular weight excluding hydrogens is 292 g/mol. The van der Waals surface area contributed by atoms with Crippen LogP contribution in [0.5, 0.6) is 0 Å². The molecule has 6 nitrogen and oxygen atoms in total. The molecule has 116 valence electrons. The first kappa shape index (κ1) is 16.0. The number of rotatable bonds is 4. The molecule has 0 unspecified atom stereocenters. The summed E-state index contributed by atoms with van der Waals surface area (Å²) in [5.74, 6) is 0.649. The largest absolute Gasteiger partial charge is 0.395 e. The topological polar surface area (TPSA) is 59.9 Å². The van der Waals surface area contributed by atoms with E-state index in [1.165, 1.54) is 0 Å². The van der Waals surface area contributed by atoms with Crippen LogP contribution in [0.1, 0.15) is 10.4 Å². The smallest absolute Gasteiger partial charge is 0.254 e. The van der Waals surface area contributed by atoms with Gasteiger partial charge in [-0.25, -0.2) is 4.98 Å². The van der Waals surface area contributed by atoms with Crippen molar-refractivity contribution < 1.29 is 9.90 Å². The van der Waals surface area contributed by atoms with Gasteiger partial charge in [0, 0.05) is 52.4 Å². The molecule has 1 fully saturated rings. The summed E-state index contributed by atoms with van der Waals surface area (Å²) >= 11 is 6.00. The third-order valence-electron chi connectivity index (χ3n) is 3.56. The Labute approximate surface area is 129 Å². The molecule has 0 atom stereocenters. The molecule has 1 amide bonds. The van der Waals surface area contributed by atoms with Crippen LogP contribution in [0.3, 0.4) is 0 Å². The summed E-state index contributed by atoms with van der Waals surface area (Å²) < 4.78 is 0. The molecule has 7 heteroatoms. The van der Waals surface area contributed by atoms with Gasteiger partial charge in [0.2, 0.25) is 0 Å². The van der Waals surface area contributed by atoms with Crippen molar-refractivity contribution in [2.45, 2.75) is 0 Å². The van der Waals surface area contributed by atoms with Crippen LogP contribution in [0.15, 0.2) is 12.1 Å². The summed E-state index contributed by atoms with van der Waals surface area (Å²) in [5.41, 5.74) is 0.564. The zero-order chi connectivity index (χ0) is 15.4. The first-order valence-electron chi connectivity index (χ1n) is 6.98. The number of carbonyl (C=O) groups is 1. The van der Waals surface area contributed by atoms with Crippen molar-refractivity contribution in [3.05, 3.63) is 22.8 Å². The fourth-order valence-corrected chi connectivity index (χ4v) is 2.54. The number of carbonyl (C=O) groups excluding carboxylic acids is 1. The lowest BCUT2D eigenvalue weighted by molar-refractivity contribution is 0.0615. The van der Waals surface area contributed by atoms with E-state index in [0.717, 1.165) is 13.1 Å². The minimum atomic E-state index is -0.0222. The predicted octanol–water partition coefficient (Wildman–Crippen LogP) is 0.551. The zero-order valence-corrected chi connectivity index (χ0v) is 13.2. The molecular formula is C14H21ClN4O2. The maximum absolute atomic E-state index is 12.5. The maximum Gasteiger partial charge on any atom is 0.254 e. The Bertz CT molecular complexity index is 502. The molecule has 2 heterocycles. The van der Waals surface area contributed by atoms with E-state index in [1.807, 2.05) is 23.9 Å².